The summed E-state index contributed by atoms with van der Waals surface area (Å²) in [6, 6.07) is 0. The highest BCUT2D eigenvalue weighted by molar-refractivity contribution is 5.86. The molecular weight excluding hydrogens is 356 g/mol. The second kappa shape index (κ2) is 6.53. The molecule has 0 unspecified atom stereocenters. The van der Waals surface area contributed by atoms with Crippen molar-refractivity contribution in [2.24, 2.45) is 34.5 Å². The number of aliphatic hydroxyl groups is 2. The Balaban J connectivity index is 1.76. The van der Waals surface area contributed by atoms with E-state index < -0.39 is 11.0 Å². The molecule has 4 aliphatic rings. The Kier molecular flexibility index (Phi) is 4.74. The van der Waals surface area contributed by atoms with Crippen LogP contribution in [0.4, 0.5) is 0 Å². The maximum absolute atomic E-state index is 12.5. The summed E-state index contributed by atoms with van der Waals surface area (Å²) >= 11 is 0. The number of carbonyl (C=O) groups is 2. The van der Waals surface area contributed by atoms with Gasteiger partial charge in [-0.05, 0) is 81.5 Å². The highest BCUT2D eigenvalue weighted by atomic mass is 16.5. The quantitative estimate of drug-likeness (QED) is 0.705. The van der Waals surface area contributed by atoms with Crippen LogP contribution in [0.3, 0.4) is 0 Å². The molecule has 4 rings (SSSR count). The summed E-state index contributed by atoms with van der Waals surface area (Å²) in [4.78, 5) is 24.5. The number of hydrogen-bond donors (Lipinski definition) is 2. The first-order valence-electron chi connectivity index (χ1n) is 11.1. The molecule has 0 aromatic heterocycles. The molecule has 5 heteroatoms. The van der Waals surface area contributed by atoms with Crippen molar-refractivity contribution in [3.63, 3.8) is 0 Å². The van der Waals surface area contributed by atoms with Crippen LogP contribution in [0, 0.1) is 34.5 Å². The average Bonchev–Trinajstić information content (AvgIpc) is 2.87. The van der Waals surface area contributed by atoms with Crippen molar-refractivity contribution in [2.75, 3.05) is 0 Å². The van der Waals surface area contributed by atoms with Crippen molar-refractivity contribution in [1.29, 1.82) is 0 Å². The van der Waals surface area contributed by atoms with Crippen molar-refractivity contribution in [3.8, 4) is 0 Å². The van der Waals surface area contributed by atoms with Crippen molar-refractivity contribution in [2.45, 2.75) is 96.9 Å². The van der Waals surface area contributed by atoms with Crippen molar-refractivity contribution < 1.29 is 24.5 Å². The van der Waals surface area contributed by atoms with Gasteiger partial charge in [-0.3, -0.25) is 9.59 Å². The van der Waals surface area contributed by atoms with E-state index in [2.05, 4.69) is 13.8 Å². The molecule has 4 aliphatic carbocycles. The molecular formula is C23H36O5. The fourth-order valence-corrected chi connectivity index (χ4v) is 8.23. The van der Waals surface area contributed by atoms with Gasteiger partial charge in [0.1, 0.15) is 11.7 Å². The summed E-state index contributed by atoms with van der Waals surface area (Å²) in [6.45, 7) is 7.35. The van der Waals surface area contributed by atoms with E-state index in [1.807, 2.05) is 0 Å². The number of hydrogen-bond acceptors (Lipinski definition) is 5. The third kappa shape index (κ3) is 2.64. The standard InChI is InChI=1S/C23H36O5/c1-13(24)23(27)10-8-18-17-6-5-15-11-16(26)7-9-21(15,3)20(17)19(28-14(2)25)12-22(18,23)4/h15-20,26-27H,5-12H2,1-4H3/t15-,16-,17-,18-,19-,20+,21-,22-,23-/m0/s1. The van der Waals surface area contributed by atoms with E-state index >= 15 is 0 Å². The number of ether oxygens (including phenoxy) is 1. The highest BCUT2D eigenvalue weighted by Crippen LogP contribution is 2.68. The van der Waals surface area contributed by atoms with Gasteiger partial charge in [0.15, 0.2) is 5.78 Å². The summed E-state index contributed by atoms with van der Waals surface area (Å²) in [7, 11) is 0. The molecule has 4 fully saturated rings. The minimum absolute atomic E-state index is 0.0422. The fraction of sp³-hybridized carbons (Fsp3) is 0.913. The van der Waals surface area contributed by atoms with Crippen LogP contribution < -0.4 is 0 Å². The number of carbonyl (C=O) groups excluding carboxylic acids is 2. The number of esters is 1. The first kappa shape index (κ1) is 20.3. The molecule has 0 aromatic carbocycles. The van der Waals surface area contributed by atoms with Gasteiger partial charge in [-0.25, -0.2) is 0 Å². The Morgan fingerprint density at radius 2 is 1.75 bits per heavy atom. The maximum Gasteiger partial charge on any atom is 0.302 e. The minimum Gasteiger partial charge on any atom is -0.462 e. The van der Waals surface area contributed by atoms with E-state index in [1.54, 1.807) is 0 Å². The Hall–Kier alpha value is -0.940. The smallest absolute Gasteiger partial charge is 0.302 e. The largest absolute Gasteiger partial charge is 0.462 e. The number of aliphatic hydroxyl groups excluding tert-OH is 1. The third-order valence-electron chi connectivity index (χ3n) is 9.60. The van der Waals surface area contributed by atoms with E-state index in [9.17, 15) is 19.8 Å². The molecule has 0 heterocycles. The van der Waals surface area contributed by atoms with Crippen molar-refractivity contribution in [3.05, 3.63) is 0 Å². The summed E-state index contributed by atoms with van der Waals surface area (Å²) < 4.78 is 5.92. The molecule has 0 saturated heterocycles. The van der Waals surface area contributed by atoms with Gasteiger partial charge >= 0.3 is 5.97 Å². The molecule has 2 N–H and O–H groups in total. The van der Waals surface area contributed by atoms with Crippen LogP contribution in [-0.4, -0.2) is 39.8 Å². The van der Waals surface area contributed by atoms with Gasteiger partial charge in [0.05, 0.1) is 6.10 Å². The summed E-state index contributed by atoms with van der Waals surface area (Å²) in [5.74, 6) is 0.897. The van der Waals surface area contributed by atoms with Gasteiger partial charge in [-0.15, -0.1) is 0 Å². The van der Waals surface area contributed by atoms with Crippen LogP contribution in [0.15, 0.2) is 0 Å². The van der Waals surface area contributed by atoms with Crippen LogP contribution in [0.5, 0.6) is 0 Å². The van der Waals surface area contributed by atoms with Crippen LogP contribution in [0.25, 0.3) is 0 Å². The Labute approximate surface area is 168 Å². The van der Waals surface area contributed by atoms with Gasteiger partial charge < -0.3 is 14.9 Å². The molecule has 0 spiro atoms. The average molecular weight is 393 g/mol. The molecule has 28 heavy (non-hydrogen) atoms. The molecule has 5 nitrogen and oxygen atoms in total. The summed E-state index contributed by atoms with van der Waals surface area (Å²) in [5, 5.41) is 21.6. The zero-order valence-corrected chi connectivity index (χ0v) is 17.7. The van der Waals surface area contributed by atoms with Gasteiger partial charge in [0, 0.05) is 18.3 Å². The second-order valence-corrected chi connectivity index (χ2v) is 10.7. The molecule has 0 radical (unpaired) electrons. The van der Waals surface area contributed by atoms with E-state index in [4.69, 9.17) is 4.74 Å². The molecule has 0 bridgehead atoms. The first-order chi connectivity index (χ1) is 13.0. The van der Waals surface area contributed by atoms with E-state index in [0.717, 1.165) is 38.5 Å². The maximum atomic E-state index is 12.5. The fourth-order valence-electron chi connectivity index (χ4n) is 8.23. The van der Waals surface area contributed by atoms with Gasteiger partial charge in [0.25, 0.3) is 0 Å². The lowest BCUT2D eigenvalue weighted by molar-refractivity contribution is -0.212. The Bertz CT molecular complexity index is 676. The topological polar surface area (TPSA) is 83.8 Å². The summed E-state index contributed by atoms with van der Waals surface area (Å²) in [6.07, 6.45) is 6.16. The van der Waals surface area contributed by atoms with Gasteiger partial charge in [0.2, 0.25) is 0 Å². The zero-order chi connectivity index (χ0) is 20.5. The monoisotopic (exact) mass is 392 g/mol. The second-order valence-electron chi connectivity index (χ2n) is 10.7. The third-order valence-corrected chi connectivity index (χ3v) is 9.60. The number of ketones is 1. The number of rotatable bonds is 2. The van der Waals surface area contributed by atoms with Crippen LogP contribution >= 0.6 is 0 Å². The van der Waals surface area contributed by atoms with E-state index in [1.165, 1.54) is 13.8 Å². The van der Waals surface area contributed by atoms with Crippen molar-refractivity contribution >= 4 is 11.8 Å². The van der Waals surface area contributed by atoms with Crippen molar-refractivity contribution in [1.82, 2.24) is 0 Å². The predicted octanol–water partition coefficient (Wildman–Crippen LogP) is 3.25. The zero-order valence-electron chi connectivity index (χ0n) is 17.7. The first-order valence-corrected chi connectivity index (χ1v) is 11.1. The number of fused-ring (bicyclic) bond motifs is 5. The SMILES string of the molecule is CC(=O)O[C@H]1C[C@@]2(C)[C@@H](CC[C@]2(O)C(C)=O)[C@@H]2CC[C@H]3C[C@@H](O)CC[C@]3(C)[C@H]21. The molecule has 4 saturated carbocycles. The Morgan fingerprint density at radius 3 is 2.39 bits per heavy atom. The minimum atomic E-state index is -1.32. The van der Waals surface area contributed by atoms with Gasteiger partial charge in [-0.2, -0.15) is 0 Å². The lowest BCUT2D eigenvalue weighted by Gasteiger charge is -2.63. The Morgan fingerprint density at radius 1 is 1.04 bits per heavy atom. The molecule has 0 aromatic rings. The lowest BCUT2D eigenvalue weighted by atomic mass is 9.43. The lowest BCUT2D eigenvalue weighted by Crippen LogP contribution is -2.63. The van der Waals surface area contributed by atoms with Gasteiger partial charge in [-0.1, -0.05) is 13.8 Å². The molecule has 0 aliphatic heterocycles. The normalized spacial score (nSPS) is 52.9. The molecule has 0 amide bonds. The highest BCUT2D eigenvalue weighted by Gasteiger charge is 2.69. The predicted molar refractivity (Wildman–Crippen MR) is 104 cm³/mol. The van der Waals surface area contributed by atoms with E-state index in [0.29, 0.717) is 24.7 Å². The summed E-state index contributed by atoms with van der Waals surface area (Å²) in [5.41, 5.74) is -1.82. The van der Waals surface area contributed by atoms with E-state index in [-0.39, 0.29) is 41.2 Å². The number of Topliss-reactive ketones (excluding diaryl/α,β-unsaturated/α-hetero) is 1. The van der Waals surface area contributed by atoms with Crippen LogP contribution in [0.1, 0.15) is 79.1 Å². The van der Waals surface area contributed by atoms with Crippen LogP contribution in [-0.2, 0) is 14.3 Å². The molecule has 158 valence electrons. The van der Waals surface area contributed by atoms with Crippen LogP contribution in [0.2, 0.25) is 0 Å². The molecule has 9 atom stereocenters.